The highest BCUT2D eigenvalue weighted by molar-refractivity contribution is 7.80. The number of nitrogens with zero attached hydrogens (tertiary/aromatic N) is 3. The quantitative estimate of drug-likeness (QED) is 0.174. The number of thiol groups is 1. The summed E-state index contributed by atoms with van der Waals surface area (Å²) in [6, 6.07) is 10.2. The Morgan fingerprint density at radius 3 is 2.62 bits per heavy atom. The fourth-order valence-electron chi connectivity index (χ4n) is 7.42. The molecule has 0 amide bonds. The Bertz CT molecular complexity index is 2170. The summed E-state index contributed by atoms with van der Waals surface area (Å²) in [5, 5.41) is 10.2. The Balaban J connectivity index is 1.11. The van der Waals surface area contributed by atoms with E-state index in [1.165, 1.54) is 54.7 Å². The summed E-state index contributed by atoms with van der Waals surface area (Å²) in [5.41, 5.74) is 12.1. The van der Waals surface area contributed by atoms with E-state index in [1.54, 1.807) is 0 Å². The first kappa shape index (κ1) is 36.5. The van der Waals surface area contributed by atoms with Crippen LogP contribution in [-0.2, 0) is 11.2 Å². The Hall–Kier alpha value is -4.83. The van der Waals surface area contributed by atoms with Crippen LogP contribution in [-0.4, -0.2) is 27.8 Å². The van der Waals surface area contributed by atoms with Crippen molar-refractivity contribution >= 4 is 35.6 Å². The first-order chi connectivity index (χ1) is 25.8. The molecule has 1 aromatic carbocycles. The molecule has 5 aliphatic rings. The van der Waals surface area contributed by atoms with Gasteiger partial charge in [-0.15, -0.1) is 11.3 Å². The van der Waals surface area contributed by atoms with E-state index in [0.29, 0.717) is 23.2 Å². The lowest BCUT2D eigenvalue weighted by molar-refractivity contribution is 0.171. The predicted molar refractivity (Wildman–Crippen MR) is 225 cm³/mol. The molecule has 0 saturated carbocycles. The summed E-state index contributed by atoms with van der Waals surface area (Å²) in [6.07, 6.45) is 39.4. The fourth-order valence-corrected chi connectivity index (χ4v) is 8.55. The van der Waals surface area contributed by atoms with Crippen LogP contribution >= 0.6 is 24.0 Å². The molecule has 4 unspecified atom stereocenters. The highest BCUT2D eigenvalue weighted by Gasteiger charge is 2.41. The van der Waals surface area contributed by atoms with Crippen molar-refractivity contribution in [3.63, 3.8) is 0 Å². The number of nitriles is 1. The molecule has 0 bridgehead atoms. The van der Waals surface area contributed by atoms with Crippen molar-refractivity contribution in [1.82, 2.24) is 9.88 Å². The molecule has 1 aliphatic heterocycles. The van der Waals surface area contributed by atoms with Gasteiger partial charge in [0.05, 0.1) is 23.4 Å². The van der Waals surface area contributed by atoms with Crippen molar-refractivity contribution < 1.29 is 4.74 Å². The maximum Gasteiger partial charge on any atom is 0.127 e. The molecule has 1 aromatic heterocycles. The number of ether oxygens (including phenoxy) is 1. The molecule has 268 valence electrons. The third kappa shape index (κ3) is 8.38. The standard InChI is InChI=1S/C47H47N3OS2/c1-31(10-5-6-11-35-17-19-36(30-48)20-18-35)32(2)15-16-33(3)50(39-23-21-37(22-24-39)45-28-38-12-7-8-14-44(38)51-45)40-25-26-41-42(29-40)46(41)47-49-43(13-9-27-52)34(4)53-47/h5-10,12-23,28-29,38-39,41,44,52H,11,24-27H2,1-4H3/b6-5-,13-9-,31-10+,32-15+,33-16+. The van der Waals surface area contributed by atoms with E-state index in [-0.39, 0.29) is 12.1 Å². The largest absolute Gasteiger partial charge is 0.485 e. The molecular weight excluding hydrogens is 687 g/mol. The summed E-state index contributed by atoms with van der Waals surface area (Å²) in [6.45, 7) is 8.77. The Labute approximate surface area is 324 Å². The fraction of sp³-hybridized carbons (Fsp3) is 0.277. The number of allylic oxidation sites excluding steroid dienone is 15. The topological polar surface area (TPSA) is 49.2 Å². The number of benzene rings is 1. The minimum Gasteiger partial charge on any atom is -0.485 e. The molecule has 53 heavy (non-hydrogen) atoms. The second-order valence-corrected chi connectivity index (χ2v) is 15.8. The molecule has 4 atom stereocenters. The molecule has 0 fully saturated rings. The lowest BCUT2D eigenvalue weighted by Crippen LogP contribution is -2.33. The number of thiazole rings is 1. The highest BCUT2D eigenvalue weighted by atomic mass is 32.1. The van der Waals surface area contributed by atoms with Crippen molar-refractivity contribution in [3.05, 3.63) is 182 Å². The zero-order valence-corrected chi connectivity index (χ0v) is 32.7. The van der Waals surface area contributed by atoms with Gasteiger partial charge in [0.1, 0.15) is 16.9 Å². The zero-order chi connectivity index (χ0) is 36.9. The van der Waals surface area contributed by atoms with E-state index < -0.39 is 0 Å². The maximum atomic E-state index is 9.06. The van der Waals surface area contributed by atoms with Crippen molar-refractivity contribution in [2.24, 2.45) is 11.8 Å². The number of fused-ring (bicyclic) bond motifs is 2. The second kappa shape index (κ2) is 16.5. The highest BCUT2D eigenvalue weighted by Crippen LogP contribution is 2.55. The molecule has 0 saturated heterocycles. The summed E-state index contributed by atoms with van der Waals surface area (Å²) >= 11 is 6.15. The summed E-state index contributed by atoms with van der Waals surface area (Å²) in [5.74, 6) is 2.54. The SMILES string of the molecule is CC(=C\C=C/Cc1ccc(C#N)cc1)/C(C)=C/C=C(\C)N(C1=CC2=C(c3nc(/C=C\CS)c(C)s3)C2CC1)C1C=CC(C2=CC3C=CC=CC3O2)=CC1. The number of hydrogen-bond acceptors (Lipinski definition) is 6. The Morgan fingerprint density at radius 2 is 1.87 bits per heavy atom. The molecule has 4 nitrogen and oxygen atoms in total. The number of aryl methyl sites for hydroxylation is 1. The average molecular weight is 734 g/mol. The van der Waals surface area contributed by atoms with E-state index in [2.05, 4.69) is 149 Å². The minimum absolute atomic E-state index is 0.104. The molecule has 0 spiro atoms. The van der Waals surface area contributed by atoms with Crippen LogP contribution in [0.5, 0.6) is 0 Å². The first-order valence-electron chi connectivity index (χ1n) is 18.6. The molecule has 7 rings (SSSR count). The van der Waals surface area contributed by atoms with Crippen LogP contribution in [0.15, 0.2) is 155 Å². The summed E-state index contributed by atoms with van der Waals surface area (Å²) < 4.78 is 6.34. The van der Waals surface area contributed by atoms with Gasteiger partial charge in [0.2, 0.25) is 0 Å². The zero-order valence-electron chi connectivity index (χ0n) is 31.0. The van der Waals surface area contributed by atoms with Gasteiger partial charge in [0.15, 0.2) is 0 Å². The van der Waals surface area contributed by atoms with Crippen molar-refractivity contribution in [2.45, 2.75) is 65.5 Å². The third-order valence-corrected chi connectivity index (χ3v) is 11.9. The van der Waals surface area contributed by atoms with Gasteiger partial charge in [-0.3, -0.25) is 0 Å². The molecule has 6 heteroatoms. The molecule has 2 aromatic rings. The van der Waals surface area contributed by atoms with E-state index in [4.69, 9.17) is 15.0 Å². The van der Waals surface area contributed by atoms with Crippen LogP contribution in [0.3, 0.4) is 0 Å². The van der Waals surface area contributed by atoms with Crippen LogP contribution < -0.4 is 0 Å². The van der Waals surface area contributed by atoms with E-state index >= 15 is 0 Å². The molecule has 0 N–H and O–H groups in total. The van der Waals surface area contributed by atoms with Gasteiger partial charge in [-0.2, -0.15) is 17.9 Å². The summed E-state index contributed by atoms with van der Waals surface area (Å²) in [4.78, 5) is 8.85. The van der Waals surface area contributed by atoms with Crippen molar-refractivity contribution in [2.75, 3.05) is 5.75 Å². The van der Waals surface area contributed by atoms with Crippen molar-refractivity contribution in [1.29, 1.82) is 5.26 Å². The van der Waals surface area contributed by atoms with Crippen LogP contribution in [0.1, 0.15) is 66.7 Å². The molecule has 4 aliphatic carbocycles. The normalized spacial score (nSPS) is 23.8. The molecule has 2 heterocycles. The third-order valence-electron chi connectivity index (χ3n) is 10.6. The van der Waals surface area contributed by atoms with Crippen LogP contribution in [0.2, 0.25) is 0 Å². The predicted octanol–water partition coefficient (Wildman–Crippen LogP) is 11.5. The monoisotopic (exact) mass is 733 g/mol. The van der Waals surface area contributed by atoms with E-state index in [1.807, 2.05) is 35.6 Å². The smallest absolute Gasteiger partial charge is 0.127 e. The Kier molecular flexibility index (Phi) is 11.3. The number of rotatable bonds is 12. The van der Waals surface area contributed by atoms with Gasteiger partial charge in [-0.1, -0.05) is 79.0 Å². The summed E-state index contributed by atoms with van der Waals surface area (Å²) in [7, 11) is 0. The van der Waals surface area contributed by atoms with Gasteiger partial charge in [0.25, 0.3) is 0 Å². The van der Waals surface area contributed by atoms with Gasteiger partial charge in [0, 0.05) is 39.4 Å². The molecular formula is C47H47N3OS2. The van der Waals surface area contributed by atoms with Gasteiger partial charge >= 0.3 is 0 Å². The first-order valence-corrected chi connectivity index (χ1v) is 20.1. The van der Waals surface area contributed by atoms with E-state index in [0.717, 1.165) is 37.1 Å². The van der Waals surface area contributed by atoms with Crippen LogP contribution in [0.25, 0.3) is 11.6 Å². The molecule has 0 radical (unpaired) electrons. The number of aromatic nitrogens is 1. The Morgan fingerprint density at radius 1 is 1.06 bits per heavy atom. The average Bonchev–Trinajstić information content (AvgIpc) is 3.52. The second-order valence-electron chi connectivity index (χ2n) is 14.2. The maximum absolute atomic E-state index is 9.06. The van der Waals surface area contributed by atoms with Gasteiger partial charge < -0.3 is 9.64 Å². The number of hydrogen-bond donors (Lipinski definition) is 1. The minimum atomic E-state index is 0.104. The van der Waals surface area contributed by atoms with Crippen molar-refractivity contribution in [3.8, 4) is 6.07 Å². The van der Waals surface area contributed by atoms with Crippen LogP contribution in [0.4, 0.5) is 0 Å². The van der Waals surface area contributed by atoms with Crippen LogP contribution in [0, 0.1) is 30.1 Å². The van der Waals surface area contributed by atoms with Gasteiger partial charge in [-0.05, 0) is 124 Å². The lowest BCUT2D eigenvalue weighted by Gasteiger charge is -2.36. The lowest BCUT2D eigenvalue weighted by atomic mass is 9.95. The van der Waals surface area contributed by atoms with Gasteiger partial charge in [-0.25, -0.2) is 4.98 Å². The van der Waals surface area contributed by atoms with E-state index in [9.17, 15) is 0 Å².